The lowest BCUT2D eigenvalue weighted by Crippen LogP contribution is -2.53. The average molecular weight is 382 g/mol. The molecule has 2 aliphatic rings. The van der Waals surface area contributed by atoms with E-state index in [1.807, 2.05) is 6.92 Å². The first kappa shape index (κ1) is 19.5. The maximum atomic E-state index is 13.0. The summed E-state index contributed by atoms with van der Waals surface area (Å²) in [4.78, 5) is 29.2. The SMILES string of the molecule is CCC1CN(C(=O)C2CCCN2C(=O)c2ccccc2OC(F)F)CCO1. The third kappa shape index (κ3) is 4.37. The number of benzene rings is 1. The van der Waals surface area contributed by atoms with E-state index in [0.29, 0.717) is 39.1 Å². The number of hydrogen-bond donors (Lipinski definition) is 0. The van der Waals surface area contributed by atoms with E-state index in [-0.39, 0.29) is 23.3 Å². The predicted octanol–water partition coefficient (Wildman–Crippen LogP) is 2.53. The number of alkyl halides is 2. The lowest BCUT2D eigenvalue weighted by molar-refractivity contribution is -0.142. The number of morpholine rings is 1. The monoisotopic (exact) mass is 382 g/mol. The lowest BCUT2D eigenvalue weighted by Gasteiger charge is -2.36. The van der Waals surface area contributed by atoms with Gasteiger partial charge in [0.25, 0.3) is 5.91 Å². The Morgan fingerprint density at radius 1 is 1.30 bits per heavy atom. The molecule has 1 aromatic rings. The average Bonchev–Trinajstić information content (AvgIpc) is 3.16. The van der Waals surface area contributed by atoms with Crippen molar-refractivity contribution in [3.05, 3.63) is 29.8 Å². The molecule has 2 atom stereocenters. The molecule has 27 heavy (non-hydrogen) atoms. The first-order chi connectivity index (χ1) is 13.0. The molecule has 0 radical (unpaired) electrons. The third-order valence-corrected chi connectivity index (χ3v) is 5.04. The Balaban J connectivity index is 1.76. The first-order valence-electron chi connectivity index (χ1n) is 9.26. The molecule has 2 aliphatic heterocycles. The topological polar surface area (TPSA) is 59.1 Å². The summed E-state index contributed by atoms with van der Waals surface area (Å²) in [5.41, 5.74) is 0.0471. The molecule has 3 rings (SSSR count). The van der Waals surface area contributed by atoms with Crippen molar-refractivity contribution in [3.8, 4) is 5.75 Å². The summed E-state index contributed by atoms with van der Waals surface area (Å²) in [6.07, 6.45) is 2.08. The summed E-state index contributed by atoms with van der Waals surface area (Å²) in [5, 5.41) is 0. The third-order valence-electron chi connectivity index (χ3n) is 5.04. The Hall–Kier alpha value is -2.22. The molecule has 0 saturated carbocycles. The number of amides is 2. The van der Waals surface area contributed by atoms with Crippen LogP contribution in [-0.2, 0) is 9.53 Å². The second-order valence-electron chi connectivity index (χ2n) is 6.72. The molecule has 0 aromatic heterocycles. The largest absolute Gasteiger partial charge is 0.434 e. The molecule has 1 aromatic carbocycles. The molecule has 148 valence electrons. The molecule has 0 aliphatic carbocycles. The standard InChI is InChI=1S/C19H24F2N2O4/c1-2-13-12-22(10-11-26-13)18(25)15-7-5-9-23(15)17(24)14-6-3-4-8-16(14)27-19(20)21/h3-4,6,8,13,15,19H,2,5,7,9-12H2,1H3. The molecule has 2 amide bonds. The zero-order chi connectivity index (χ0) is 19.4. The van der Waals surface area contributed by atoms with E-state index in [2.05, 4.69) is 4.74 Å². The van der Waals surface area contributed by atoms with Gasteiger partial charge in [-0.2, -0.15) is 8.78 Å². The molecule has 0 spiro atoms. The van der Waals surface area contributed by atoms with Crippen LogP contribution in [0.1, 0.15) is 36.5 Å². The summed E-state index contributed by atoms with van der Waals surface area (Å²) < 4.78 is 35.4. The van der Waals surface area contributed by atoms with Crippen molar-refractivity contribution in [2.75, 3.05) is 26.2 Å². The van der Waals surface area contributed by atoms with Gasteiger partial charge < -0.3 is 19.3 Å². The Bertz CT molecular complexity index is 685. The van der Waals surface area contributed by atoms with E-state index >= 15 is 0 Å². The molecule has 0 N–H and O–H groups in total. The van der Waals surface area contributed by atoms with E-state index in [1.165, 1.54) is 23.1 Å². The Morgan fingerprint density at radius 2 is 2.07 bits per heavy atom. The minimum Gasteiger partial charge on any atom is -0.434 e. The van der Waals surface area contributed by atoms with Gasteiger partial charge in [0.05, 0.1) is 18.3 Å². The molecule has 6 nitrogen and oxygen atoms in total. The van der Waals surface area contributed by atoms with Gasteiger partial charge >= 0.3 is 6.61 Å². The Morgan fingerprint density at radius 3 is 2.81 bits per heavy atom. The minimum atomic E-state index is -3.02. The van der Waals surface area contributed by atoms with E-state index in [9.17, 15) is 18.4 Å². The number of hydrogen-bond acceptors (Lipinski definition) is 4. The van der Waals surface area contributed by atoms with Gasteiger partial charge in [-0.3, -0.25) is 9.59 Å². The molecule has 2 unspecified atom stereocenters. The summed E-state index contributed by atoms with van der Waals surface area (Å²) in [5.74, 6) is -0.731. The number of halogens is 2. The van der Waals surface area contributed by atoms with Crippen molar-refractivity contribution in [2.45, 2.75) is 44.9 Å². The summed E-state index contributed by atoms with van der Waals surface area (Å²) in [6, 6.07) is 5.32. The molecule has 2 heterocycles. The van der Waals surface area contributed by atoms with Crippen LogP contribution < -0.4 is 4.74 Å². The highest BCUT2D eigenvalue weighted by molar-refractivity contribution is 6.00. The van der Waals surface area contributed by atoms with Crippen LogP contribution in [0.5, 0.6) is 5.75 Å². The quantitative estimate of drug-likeness (QED) is 0.785. The van der Waals surface area contributed by atoms with Crippen LogP contribution in [0.4, 0.5) is 8.78 Å². The van der Waals surface area contributed by atoms with Crippen LogP contribution in [0.2, 0.25) is 0 Å². The van der Waals surface area contributed by atoms with Crippen molar-refractivity contribution in [3.63, 3.8) is 0 Å². The van der Waals surface area contributed by atoms with E-state index in [0.717, 1.165) is 6.42 Å². The van der Waals surface area contributed by atoms with Gasteiger partial charge in [-0.1, -0.05) is 19.1 Å². The summed E-state index contributed by atoms with van der Waals surface area (Å²) >= 11 is 0. The van der Waals surface area contributed by atoms with Gasteiger partial charge in [-0.05, 0) is 31.4 Å². The zero-order valence-electron chi connectivity index (χ0n) is 15.3. The molecular weight excluding hydrogens is 358 g/mol. The fourth-order valence-corrected chi connectivity index (χ4v) is 3.64. The fraction of sp³-hybridized carbons (Fsp3) is 0.579. The van der Waals surface area contributed by atoms with Crippen LogP contribution in [0.15, 0.2) is 24.3 Å². The maximum Gasteiger partial charge on any atom is 0.387 e. The Kier molecular flexibility index (Phi) is 6.26. The van der Waals surface area contributed by atoms with Gasteiger partial charge in [-0.15, -0.1) is 0 Å². The number of rotatable bonds is 5. The van der Waals surface area contributed by atoms with E-state index < -0.39 is 18.6 Å². The Labute approximate surface area is 157 Å². The first-order valence-corrected chi connectivity index (χ1v) is 9.26. The van der Waals surface area contributed by atoms with Gasteiger partial charge in [0, 0.05) is 19.6 Å². The molecule has 8 heteroatoms. The van der Waals surface area contributed by atoms with Crippen LogP contribution in [-0.4, -0.2) is 66.6 Å². The van der Waals surface area contributed by atoms with Crippen molar-refractivity contribution in [2.24, 2.45) is 0 Å². The number of para-hydroxylation sites is 1. The molecule has 0 bridgehead atoms. The smallest absolute Gasteiger partial charge is 0.387 e. The van der Waals surface area contributed by atoms with E-state index in [1.54, 1.807) is 11.0 Å². The predicted molar refractivity (Wildman–Crippen MR) is 93.7 cm³/mol. The van der Waals surface area contributed by atoms with Gasteiger partial charge in [0.1, 0.15) is 11.8 Å². The normalized spacial score (nSPS) is 23.0. The second-order valence-corrected chi connectivity index (χ2v) is 6.72. The van der Waals surface area contributed by atoms with Crippen LogP contribution >= 0.6 is 0 Å². The molecular formula is C19H24F2N2O4. The fourth-order valence-electron chi connectivity index (χ4n) is 3.64. The van der Waals surface area contributed by atoms with Crippen molar-refractivity contribution in [1.82, 2.24) is 9.80 Å². The van der Waals surface area contributed by atoms with Crippen molar-refractivity contribution >= 4 is 11.8 Å². The molecule has 2 fully saturated rings. The summed E-state index contributed by atoms with van der Waals surface area (Å²) in [7, 11) is 0. The number of carbonyl (C=O) groups is 2. The molecule has 2 saturated heterocycles. The van der Waals surface area contributed by atoms with Crippen molar-refractivity contribution in [1.29, 1.82) is 0 Å². The van der Waals surface area contributed by atoms with Crippen LogP contribution in [0.3, 0.4) is 0 Å². The highest BCUT2D eigenvalue weighted by atomic mass is 19.3. The van der Waals surface area contributed by atoms with Crippen LogP contribution in [0.25, 0.3) is 0 Å². The van der Waals surface area contributed by atoms with Crippen molar-refractivity contribution < 1.29 is 27.8 Å². The minimum absolute atomic E-state index is 0.00780. The number of likely N-dealkylation sites (tertiary alicyclic amines) is 1. The van der Waals surface area contributed by atoms with Gasteiger partial charge in [0.2, 0.25) is 5.91 Å². The number of ether oxygens (including phenoxy) is 2. The highest BCUT2D eigenvalue weighted by Crippen LogP contribution is 2.27. The zero-order valence-corrected chi connectivity index (χ0v) is 15.3. The van der Waals surface area contributed by atoms with Gasteiger partial charge in [-0.25, -0.2) is 0 Å². The van der Waals surface area contributed by atoms with E-state index in [4.69, 9.17) is 4.74 Å². The van der Waals surface area contributed by atoms with Crippen LogP contribution in [0, 0.1) is 0 Å². The maximum absolute atomic E-state index is 13.0. The van der Waals surface area contributed by atoms with Gasteiger partial charge in [0.15, 0.2) is 0 Å². The number of carbonyl (C=O) groups excluding carboxylic acids is 2. The summed E-state index contributed by atoms with van der Waals surface area (Å²) in [6.45, 7) is 0.895. The lowest BCUT2D eigenvalue weighted by atomic mass is 10.1. The number of nitrogens with zero attached hydrogens (tertiary/aromatic N) is 2. The highest BCUT2D eigenvalue weighted by Gasteiger charge is 2.38. The second kappa shape index (κ2) is 8.65.